The molecule has 2 aromatic carbocycles. The van der Waals surface area contributed by atoms with Gasteiger partial charge in [0.25, 0.3) is 0 Å². The molecule has 1 aromatic heterocycles. The van der Waals surface area contributed by atoms with Gasteiger partial charge in [-0.15, -0.1) is 13.2 Å². The number of alkyl halides is 3. The third-order valence-electron chi connectivity index (χ3n) is 4.39. The zero-order valence-electron chi connectivity index (χ0n) is 16.8. The van der Waals surface area contributed by atoms with Crippen LogP contribution in [0.5, 0.6) is 5.75 Å². The number of nitrogens with one attached hydrogen (secondary N) is 3. The van der Waals surface area contributed by atoms with Crippen molar-refractivity contribution in [3.8, 4) is 17.0 Å². The Morgan fingerprint density at radius 1 is 1.06 bits per heavy atom. The van der Waals surface area contributed by atoms with E-state index in [1.54, 1.807) is 36.4 Å². The van der Waals surface area contributed by atoms with Crippen LogP contribution in [0, 0.1) is 0 Å². The molecule has 0 atom stereocenters. The lowest BCUT2D eigenvalue weighted by molar-refractivity contribution is -0.274. The number of ether oxygens (including phenoxy) is 1. The van der Waals surface area contributed by atoms with Gasteiger partial charge in [0.2, 0.25) is 5.95 Å². The summed E-state index contributed by atoms with van der Waals surface area (Å²) in [7, 11) is -2.29. The molecule has 0 bridgehead atoms. The van der Waals surface area contributed by atoms with Crippen molar-refractivity contribution in [3.63, 3.8) is 0 Å². The standard InChI is InChI=1S/C20H18F3N6O3S/c21-20(22,23)32-16-3-1-2-12(10-16)17-11-18(26-19(25-17)24-13-4-5-13)28-27-14-6-8-15(9-7-14)29-33(30)31/h1-3,6-11,13,27H,4-5H2,(H,29,30,31)(H2,24,25,26,28)/q-1. The van der Waals surface area contributed by atoms with E-state index in [9.17, 15) is 17.4 Å². The van der Waals surface area contributed by atoms with Crippen LogP contribution in [0.1, 0.15) is 12.8 Å². The Bertz CT molecular complexity index is 1210. The third-order valence-corrected chi connectivity index (χ3v) is 4.75. The van der Waals surface area contributed by atoms with Crippen molar-refractivity contribution in [2.24, 2.45) is 4.36 Å². The largest absolute Gasteiger partial charge is 0.573 e. The number of aromatic nitrogens is 2. The van der Waals surface area contributed by atoms with Crippen LogP contribution in [-0.4, -0.2) is 26.9 Å². The maximum Gasteiger partial charge on any atom is 0.573 e. The van der Waals surface area contributed by atoms with Crippen LogP contribution in [0.3, 0.4) is 0 Å². The van der Waals surface area contributed by atoms with Crippen molar-refractivity contribution >= 4 is 34.0 Å². The summed E-state index contributed by atoms with van der Waals surface area (Å²) in [6, 6.07) is 13.8. The molecule has 1 fully saturated rings. The monoisotopic (exact) mass is 479 g/mol. The van der Waals surface area contributed by atoms with E-state index < -0.39 is 17.2 Å². The normalized spacial score (nSPS) is 14.5. The maximum absolute atomic E-state index is 12.6. The van der Waals surface area contributed by atoms with Gasteiger partial charge in [-0.05, 0) is 49.2 Å². The first kappa shape index (κ1) is 22.6. The molecular weight excluding hydrogens is 461 g/mol. The fourth-order valence-corrected chi connectivity index (χ4v) is 3.12. The second-order valence-corrected chi connectivity index (χ2v) is 7.72. The van der Waals surface area contributed by atoms with Crippen molar-refractivity contribution in [1.82, 2.24) is 9.97 Å². The number of benzene rings is 2. The van der Waals surface area contributed by atoms with E-state index in [-0.39, 0.29) is 11.8 Å². The predicted molar refractivity (Wildman–Crippen MR) is 117 cm³/mol. The highest BCUT2D eigenvalue weighted by molar-refractivity contribution is 7.68. The molecule has 0 aliphatic heterocycles. The molecule has 1 aliphatic rings. The summed E-state index contributed by atoms with van der Waals surface area (Å²) in [5, 5.41) is 3.18. The van der Waals surface area contributed by atoms with Gasteiger partial charge < -0.3 is 23.2 Å². The molecule has 1 heterocycles. The first-order valence-electron chi connectivity index (χ1n) is 9.70. The van der Waals surface area contributed by atoms with Gasteiger partial charge in [-0.2, -0.15) is 4.98 Å². The Morgan fingerprint density at radius 3 is 2.48 bits per heavy atom. The lowest BCUT2D eigenvalue weighted by Gasteiger charge is -2.14. The zero-order chi connectivity index (χ0) is 23.4. The minimum absolute atomic E-state index is 0.259. The first-order chi connectivity index (χ1) is 15.7. The van der Waals surface area contributed by atoms with Gasteiger partial charge in [0, 0.05) is 23.4 Å². The molecule has 1 aliphatic carbocycles. The summed E-state index contributed by atoms with van der Waals surface area (Å²) in [4.78, 5) is 8.82. The molecular formula is C20H18F3N6O3S-. The summed E-state index contributed by atoms with van der Waals surface area (Å²) in [5.74, 6) is 0.355. The summed E-state index contributed by atoms with van der Waals surface area (Å²) in [6.07, 6.45) is -2.83. The van der Waals surface area contributed by atoms with E-state index in [1.165, 1.54) is 18.2 Å². The molecule has 0 saturated heterocycles. The molecule has 3 aromatic rings. The molecule has 4 N–H and O–H groups in total. The second kappa shape index (κ2) is 9.50. The highest BCUT2D eigenvalue weighted by Gasteiger charge is 2.31. The summed E-state index contributed by atoms with van der Waals surface area (Å²) >= 11 is 0. The van der Waals surface area contributed by atoms with Gasteiger partial charge in [-0.3, -0.25) is 10.9 Å². The lowest BCUT2D eigenvalue weighted by Crippen LogP contribution is -2.17. The number of hydrazine groups is 1. The third kappa shape index (κ3) is 6.95. The molecule has 13 heteroatoms. The van der Waals surface area contributed by atoms with Gasteiger partial charge >= 0.3 is 6.36 Å². The molecule has 33 heavy (non-hydrogen) atoms. The molecule has 174 valence electrons. The predicted octanol–water partition coefficient (Wildman–Crippen LogP) is 5.31. The van der Waals surface area contributed by atoms with E-state index in [0.717, 1.165) is 12.8 Å². The minimum atomic E-state index is -4.80. The van der Waals surface area contributed by atoms with Crippen LogP contribution in [0.4, 0.5) is 36.3 Å². The number of hydrogen-bond acceptors (Lipinski definition) is 9. The van der Waals surface area contributed by atoms with E-state index in [0.29, 0.717) is 34.4 Å². The molecule has 1 saturated carbocycles. The Balaban J connectivity index is 1.56. The van der Waals surface area contributed by atoms with Gasteiger partial charge in [0.1, 0.15) is 5.75 Å². The van der Waals surface area contributed by atoms with Crippen molar-refractivity contribution in [3.05, 3.63) is 54.6 Å². The summed E-state index contributed by atoms with van der Waals surface area (Å²) < 4.78 is 64.9. The van der Waals surface area contributed by atoms with Gasteiger partial charge in [-0.1, -0.05) is 23.0 Å². The van der Waals surface area contributed by atoms with Gasteiger partial charge in [0.05, 0.1) is 11.4 Å². The summed E-state index contributed by atoms with van der Waals surface area (Å²) in [6.45, 7) is 0. The number of halogens is 3. The van der Waals surface area contributed by atoms with E-state index in [1.807, 2.05) is 0 Å². The SMILES string of the molecule is O=[S-](O)=Nc1ccc(NNc2cc(-c3cccc(OC(F)(F)F)c3)nc(NC3CC3)n2)cc1. The average Bonchev–Trinajstić information content (AvgIpc) is 3.56. The van der Waals surface area contributed by atoms with Crippen LogP contribution in [-0.2, 0) is 15.1 Å². The fourth-order valence-electron chi connectivity index (χ4n) is 2.82. The Kier molecular flexibility index (Phi) is 6.51. The van der Waals surface area contributed by atoms with E-state index in [4.69, 9.17) is 4.55 Å². The van der Waals surface area contributed by atoms with Crippen LogP contribution in [0.2, 0.25) is 0 Å². The Hall–Kier alpha value is -3.58. The number of hydrogen-bond donors (Lipinski definition) is 4. The number of rotatable bonds is 8. The zero-order valence-corrected chi connectivity index (χ0v) is 17.7. The average molecular weight is 479 g/mol. The first-order valence-corrected chi connectivity index (χ1v) is 10.8. The van der Waals surface area contributed by atoms with Crippen molar-refractivity contribution < 1.29 is 26.7 Å². The molecule has 0 spiro atoms. The van der Waals surface area contributed by atoms with Crippen molar-refractivity contribution in [2.45, 2.75) is 25.2 Å². The number of anilines is 3. The highest BCUT2D eigenvalue weighted by Crippen LogP contribution is 2.30. The van der Waals surface area contributed by atoms with Crippen LogP contribution >= 0.6 is 0 Å². The molecule has 0 amide bonds. The minimum Gasteiger partial charge on any atom is -0.454 e. The second-order valence-electron chi connectivity index (χ2n) is 7.08. The Labute approximate surface area is 188 Å². The molecule has 4 rings (SSSR count). The highest BCUT2D eigenvalue weighted by atomic mass is 32.2. The van der Waals surface area contributed by atoms with Gasteiger partial charge in [-0.25, -0.2) is 4.98 Å². The fraction of sp³-hybridized carbons (Fsp3) is 0.200. The molecule has 0 unspecified atom stereocenters. The lowest BCUT2D eigenvalue weighted by atomic mass is 10.1. The van der Waals surface area contributed by atoms with Crippen molar-refractivity contribution in [1.29, 1.82) is 0 Å². The Morgan fingerprint density at radius 2 is 1.82 bits per heavy atom. The van der Waals surface area contributed by atoms with Crippen LogP contribution in [0.15, 0.2) is 59.0 Å². The maximum atomic E-state index is 12.6. The van der Waals surface area contributed by atoms with Crippen LogP contribution < -0.4 is 20.9 Å². The quantitative estimate of drug-likeness (QED) is 0.195. The smallest absolute Gasteiger partial charge is 0.454 e. The molecule has 9 nitrogen and oxygen atoms in total. The van der Waals surface area contributed by atoms with E-state index in [2.05, 4.69) is 35.2 Å². The van der Waals surface area contributed by atoms with E-state index >= 15 is 0 Å². The van der Waals surface area contributed by atoms with Crippen molar-refractivity contribution in [2.75, 3.05) is 16.2 Å². The van der Waals surface area contributed by atoms with Crippen LogP contribution in [0.25, 0.3) is 11.3 Å². The number of nitrogens with zero attached hydrogens (tertiary/aromatic N) is 3. The molecule has 0 radical (unpaired) electrons. The van der Waals surface area contributed by atoms with Gasteiger partial charge in [0.15, 0.2) is 5.82 Å². The topological polar surface area (TPSA) is 121 Å². The summed E-state index contributed by atoms with van der Waals surface area (Å²) in [5.41, 5.74) is 7.63.